The average Bonchev–Trinajstić information content (AvgIpc) is 3.27. The molecule has 0 atom stereocenters. The van der Waals surface area contributed by atoms with Gasteiger partial charge in [-0.2, -0.15) is 5.26 Å². The summed E-state index contributed by atoms with van der Waals surface area (Å²) in [7, 11) is 0. The first kappa shape index (κ1) is 14.0. The number of furan rings is 1. The Morgan fingerprint density at radius 3 is 3.04 bits per heavy atom. The van der Waals surface area contributed by atoms with Crippen LogP contribution in [-0.2, 0) is 6.54 Å². The van der Waals surface area contributed by atoms with Crippen molar-refractivity contribution in [2.45, 2.75) is 6.54 Å². The number of nitriles is 1. The van der Waals surface area contributed by atoms with E-state index >= 15 is 0 Å². The Morgan fingerprint density at radius 1 is 1.25 bits per heavy atom. The first-order valence-electron chi connectivity index (χ1n) is 7.44. The van der Waals surface area contributed by atoms with Crippen molar-refractivity contribution in [2.75, 3.05) is 5.32 Å². The van der Waals surface area contributed by atoms with Gasteiger partial charge in [0.2, 0.25) is 0 Å². The van der Waals surface area contributed by atoms with Gasteiger partial charge < -0.3 is 9.73 Å². The van der Waals surface area contributed by atoms with Crippen LogP contribution in [0.5, 0.6) is 0 Å². The van der Waals surface area contributed by atoms with Crippen molar-refractivity contribution in [1.29, 1.82) is 5.26 Å². The molecule has 0 saturated carbocycles. The molecule has 0 spiro atoms. The number of anilines is 1. The van der Waals surface area contributed by atoms with Crippen LogP contribution in [0.1, 0.15) is 11.3 Å². The first-order chi connectivity index (χ1) is 11.8. The van der Waals surface area contributed by atoms with Crippen molar-refractivity contribution >= 4 is 11.5 Å². The van der Waals surface area contributed by atoms with Gasteiger partial charge in [-0.1, -0.05) is 12.1 Å². The number of nitrogens with zero attached hydrogens (tertiary/aromatic N) is 4. The molecule has 6 nitrogen and oxygen atoms in total. The van der Waals surface area contributed by atoms with Crippen LogP contribution in [0.25, 0.3) is 16.9 Å². The van der Waals surface area contributed by atoms with Gasteiger partial charge in [0.15, 0.2) is 5.65 Å². The fourth-order valence-corrected chi connectivity index (χ4v) is 2.60. The Labute approximate surface area is 138 Å². The highest BCUT2D eigenvalue weighted by Gasteiger charge is 2.14. The molecule has 3 heterocycles. The van der Waals surface area contributed by atoms with Crippen LogP contribution in [0.3, 0.4) is 0 Å². The van der Waals surface area contributed by atoms with Crippen molar-refractivity contribution in [3.63, 3.8) is 0 Å². The number of hydrogen-bond donors (Lipinski definition) is 1. The summed E-state index contributed by atoms with van der Waals surface area (Å²) in [5.41, 5.74) is 2.97. The number of imidazole rings is 1. The van der Waals surface area contributed by atoms with Crippen molar-refractivity contribution < 1.29 is 4.42 Å². The van der Waals surface area contributed by atoms with Gasteiger partial charge in [-0.05, 0) is 24.3 Å². The monoisotopic (exact) mass is 315 g/mol. The number of rotatable bonds is 4. The van der Waals surface area contributed by atoms with Crippen LogP contribution in [0.4, 0.5) is 5.82 Å². The number of fused-ring (bicyclic) bond motifs is 1. The molecular weight excluding hydrogens is 302 g/mol. The van der Waals surface area contributed by atoms with Crippen molar-refractivity contribution in [3.05, 3.63) is 72.6 Å². The summed E-state index contributed by atoms with van der Waals surface area (Å²) < 4.78 is 7.31. The molecule has 0 unspecified atom stereocenters. The van der Waals surface area contributed by atoms with Gasteiger partial charge in [0, 0.05) is 18.0 Å². The van der Waals surface area contributed by atoms with E-state index in [1.807, 2.05) is 40.9 Å². The smallest absolute Gasteiger partial charge is 0.157 e. The summed E-state index contributed by atoms with van der Waals surface area (Å²) in [4.78, 5) is 8.78. The minimum atomic E-state index is 0.536. The zero-order valence-corrected chi connectivity index (χ0v) is 12.7. The summed E-state index contributed by atoms with van der Waals surface area (Å²) in [6, 6.07) is 13.3. The van der Waals surface area contributed by atoms with E-state index in [1.165, 1.54) is 0 Å². The predicted octanol–water partition coefficient (Wildman–Crippen LogP) is 3.47. The van der Waals surface area contributed by atoms with Crippen LogP contribution in [-0.4, -0.2) is 14.4 Å². The maximum absolute atomic E-state index is 9.13. The third kappa shape index (κ3) is 2.48. The summed E-state index contributed by atoms with van der Waals surface area (Å²) in [6.45, 7) is 0.536. The van der Waals surface area contributed by atoms with Gasteiger partial charge in [0.25, 0.3) is 0 Å². The number of aromatic nitrogens is 3. The average molecular weight is 315 g/mol. The van der Waals surface area contributed by atoms with E-state index in [4.69, 9.17) is 9.68 Å². The molecule has 4 rings (SSSR count). The van der Waals surface area contributed by atoms with Crippen LogP contribution in [0, 0.1) is 11.3 Å². The maximum atomic E-state index is 9.13. The van der Waals surface area contributed by atoms with Crippen LogP contribution in [0.2, 0.25) is 0 Å². The molecule has 0 aliphatic rings. The number of hydrogen-bond acceptors (Lipinski definition) is 5. The third-order valence-electron chi connectivity index (χ3n) is 3.71. The lowest BCUT2D eigenvalue weighted by Crippen LogP contribution is -2.02. The first-order valence-corrected chi connectivity index (χ1v) is 7.44. The highest BCUT2D eigenvalue weighted by atomic mass is 16.3. The summed E-state index contributed by atoms with van der Waals surface area (Å²) in [5.74, 6) is 1.66. The van der Waals surface area contributed by atoms with Gasteiger partial charge in [-0.15, -0.1) is 0 Å². The minimum absolute atomic E-state index is 0.536. The van der Waals surface area contributed by atoms with E-state index in [9.17, 15) is 0 Å². The number of benzene rings is 1. The van der Waals surface area contributed by atoms with E-state index < -0.39 is 0 Å². The lowest BCUT2D eigenvalue weighted by atomic mass is 10.1. The molecule has 4 aromatic rings. The lowest BCUT2D eigenvalue weighted by molar-refractivity contribution is 0.518. The Balaban J connectivity index is 1.81. The lowest BCUT2D eigenvalue weighted by Gasteiger charge is -2.07. The fraction of sp³-hybridized carbons (Fsp3) is 0.0556. The molecule has 0 fully saturated rings. The molecule has 3 aromatic heterocycles. The summed E-state index contributed by atoms with van der Waals surface area (Å²) in [5, 5.41) is 12.5. The van der Waals surface area contributed by atoms with Crippen molar-refractivity contribution in [2.24, 2.45) is 0 Å². The second-order valence-corrected chi connectivity index (χ2v) is 5.24. The van der Waals surface area contributed by atoms with E-state index in [2.05, 4.69) is 21.4 Å². The van der Waals surface area contributed by atoms with Gasteiger partial charge in [0.1, 0.15) is 17.3 Å². The topological polar surface area (TPSA) is 79.2 Å². The largest absolute Gasteiger partial charge is 0.467 e. The van der Waals surface area contributed by atoms with Crippen molar-refractivity contribution in [1.82, 2.24) is 14.4 Å². The zero-order chi connectivity index (χ0) is 16.4. The molecule has 1 N–H and O–H groups in total. The van der Waals surface area contributed by atoms with Crippen LogP contribution >= 0.6 is 0 Å². The Bertz CT molecular complexity index is 1030. The van der Waals surface area contributed by atoms with Crippen molar-refractivity contribution in [3.8, 4) is 17.3 Å². The number of nitrogens with one attached hydrogen (secondary N) is 1. The molecule has 0 saturated heterocycles. The fourth-order valence-electron chi connectivity index (χ4n) is 2.60. The Morgan fingerprint density at radius 2 is 2.21 bits per heavy atom. The van der Waals surface area contributed by atoms with Gasteiger partial charge in [-0.3, -0.25) is 9.38 Å². The second kappa shape index (κ2) is 5.89. The molecule has 6 heteroatoms. The molecule has 1 aromatic carbocycles. The van der Waals surface area contributed by atoms with Gasteiger partial charge in [0.05, 0.1) is 30.6 Å². The van der Waals surface area contributed by atoms with E-state index in [-0.39, 0.29) is 0 Å². The standard InChI is InChI=1S/C18H13N5O/c19-10-13-3-1-4-14(9-13)17-18(21-11-15-5-2-8-24-15)23-7-6-20-12-16(23)22-17/h1-9,12,21H,11H2. The molecule has 0 bridgehead atoms. The molecule has 0 amide bonds. The molecular formula is C18H13N5O. The molecule has 116 valence electrons. The minimum Gasteiger partial charge on any atom is -0.467 e. The SMILES string of the molecule is N#Cc1cccc(-c2nc3cnccn3c2NCc2ccco2)c1. The van der Waals surface area contributed by atoms with Gasteiger partial charge in [-0.25, -0.2) is 4.98 Å². The predicted molar refractivity (Wildman–Crippen MR) is 89.2 cm³/mol. The quantitative estimate of drug-likeness (QED) is 0.624. The van der Waals surface area contributed by atoms with E-state index in [1.54, 1.807) is 24.7 Å². The second-order valence-electron chi connectivity index (χ2n) is 5.24. The van der Waals surface area contributed by atoms with Crippen LogP contribution in [0.15, 0.2) is 65.7 Å². The molecule has 0 aliphatic heterocycles. The highest BCUT2D eigenvalue weighted by molar-refractivity contribution is 5.77. The zero-order valence-electron chi connectivity index (χ0n) is 12.7. The Hall–Kier alpha value is -3.59. The highest BCUT2D eigenvalue weighted by Crippen LogP contribution is 2.29. The Kier molecular flexibility index (Phi) is 3.45. The van der Waals surface area contributed by atoms with E-state index in [0.29, 0.717) is 12.1 Å². The normalized spacial score (nSPS) is 10.6. The maximum Gasteiger partial charge on any atom is 0.157 e. The summed E-state index contributed by atoms with van der Waals surface area (Å²) in [6.07, 6.45) is 6.91. The van der Waals surface area contributed by atoms with Gasteiger partial charge >= 0.3 is 0 Å². The molecule has 24 heavy (non-hydrogen) atoms. The van der Waals surface area contributed by atoms with E-state index in [0.717, 1.165) is 28.5 Å². The molecule has 0 aliphatic carbocycles. The third-order valence-corrected chi connectivity index (χ3v) is 3.71. The molecule has 0 radical (unpaired) electrons. The van der Waals surface area contributed by atoms with Crippen LogP contribution < -0.4 is 5.32 Å². The summed E-state index contributed by atoms with van der Waals surface area (Å²) >= 11 is 0.